The number of hydrogen-bond acceptors (Lipinski definition) is 4. The molecule has 0 radical (unpaired) electrons. The fourth-order valence-corrected chi connectivity index (χ4v) is 3.47. The van der Waals surface area contributed by atoms with Gasteiger partial charge in [0.2, 0.25) is 0 Å². The Hall–Kier alpha value is -0.970. The van der Waals surface area contributed by atoms with Crippen LogP contribution in [0.1, 0.15) is 12.8 Å². The molecule has 0 aromatic heterocycles. The van der Waals surface area contributed by atoms with Crippen LogP contribution in [0.25, 0.3) is 0 Å². The number of rotatable bonds is 3. The minimum Gasteiger partial charge on any atom is -0.497 e. The number of hydrogen-bond donors (Lipinski definition) is 2. The highest BCUT2D eigenvalue weighted by molar-refractivity contribution is 6.32. The molecule has 0 unspecified atom stereocenters. The summed E-state index contributed by atoms with van der Waals surface area (Å²) in [5.74, 6) is 2.49. The highest BCUT2D eigenvalue weighted by Gasteiger charge is 2.40. The van der Waals surface area contributed by atoms with Crippen molar-refractivity contribution in [3.05, 3.63) is 23.2 Å². The van der Waals surface area contributed by atoms with Crippen molar-refractivity contribution in [1.29, 1.82) is 0 Å². The van der Waals surface area contributed by atoms with Gasteiger partial charge in [0.05, 0.1) is 18.2 Å². The first-order valence-electron chi connectivity index (χ1n) is 7.06. The van der Waals surface area contributed by atoms with E-state index in [0.29, 0.717) is 28.4 Å². The highest BCUT2D eigenvalue weighted by atomic mass is 35.5. The van der Waals surface area contributed by atoms with Crippen LogP contribution in [0.15, 0.2) is 18.2 Å². The van der Waals surface area contributed by atoms with Crippen molar-refractivity contribution in [2.24, 2.45) is 11.8 Å². The van der Waals surface area contributed by atoms with Crippen LogP contribution in [0.5, 0.6) is 11.5 Å². The molecular formula is C15H20ClNO3. The molecule has 2 aliphatic rings. The third-order valence-corrected chi connectivity index (χ3v) is 4.70. The molecule has 1 saturated carbocycles. The lowest BCUT2D eigenvalue weighted by atomic mass is 9.78. The monoisotopic (exact) mass is 297 g/mol. The quantitative estimate of drug-likeness (QED) is 0.897. The number of ether oxygens (including phenoxy) is 2. The molecule has 2 N–H and O–H groups in total. The molecule has 3 rings (SSSR count). The Labute approximate surface area is 124 Å². The molecule has 2 fully saturated rings. The molecule has 1 aromatic rings. The van der Waals surface area contributed by atoms with E-state index in [0.717, 1.165) is 25.9 Å². The minimum absolute atomic E-state index is 0.179. The Morgan fingerprint density at radius 1 is 1.25 bits per heavy atom. The lowest BCUT2D eigenvalue weighted by Gasteiger charge is -2.35. The Morgan fingerprint density at radius 3 is 2.70 bits per heavy atom. The number of aliphatic hydroxyl groups is 1. The van der Waals surface area contributed by atoms with E-state index in [-0.39, 0.29) is 6.10 Å². The molecule has 20 heavy (non-hydrogen) atoms. The summed E-state index contributed by atoms with van der Waals surface area (Å²) in [6.07, 6.45) is 1.08. The largest absolute Gasteiger partial charge is 0.497 e. The second-order valence-corrected chi connectivity index (χ2v) is 6.08. The van der Waals surface area contributed by atoms with Gasteiger partial charge in [0.25, 0.3) is 0 Å². The van der Waals surface area contributed by atoms with Crippen molar-refractivity contribution in [3.8, 4) is 11.5 Å². The zero-order valence-corrected chi connectivity index (χ0v) is 12.3. The first-order valence-corrected chi connectivity index (χ1v) is 7.44. The minimum atomic E-state index is -0.422. The van der Waals surface area contributed by atoms with Crippen LogP contribution in [0.2, 0.25) is 5.02 Å². The van der Waals surface area contributed by atoms with E-state index in [1.165, 1.54) is 0 Å². The SMILES string of the molecule is COc1ccc(O[C@@H]2C[C@@H]3CNC[C@@H]3C[C@H]2O)c(Cl)c1. The van der Waals surface area contributed by atoms with Gasteiger partial charge < -0.3 is 19.9 Å². The molecule has 0 bridgehead atoms. The average Bonchev–Trinajstić information content (AvgIpc) is 2.88. The molecule has 4 atom stereocenters. The van der Waals surface area contributed by atoms with Crippen LogP contribution < -0.4 is 14.8 Å². The van der Waals surface area contributed by atoms with Gasteiger partial charge in [-0.3, -0.25) is 0 Å². The maximum atomic E-state index is 10.2. The molecule has 0 spiro atoms. The molecule has 1 saturated heterocycles. The van der Waals surface area contributed by atoms with E-state index in [1.807, 2.05) is 6.07 Å². The Balaban J connectivity index is 1.70. The molecule has 5 heteroatoms. The van der Waals surface area contributed by atoms with Crippen molar-refractivity contribution in [2.75, 3.05) is 20.2 Å². The van der Waals surface area contributed by atoms with Gasteiger partial charge in [0, 0.05) is 6.07 Å². The predicted octanol–water partition coefficient (Wildman–Crippen LogP) is 2.09. The van der Waals surface area contributed by atoms with Gasteiger partial charge in [0.15, 0.2) is 0 Å². The van der Waals surface area contributed by atoms with Gasteiger partial charge in [0.1, 0.15) is 17.6 Å². The van der Waals surface area contributed by atoms with Crippen LogP contribution in [0.3, 0.4) is 0 Å². The second kappa shape index (κ2) is 5.80. The fourth-order valence-electron chi connectivity index (χ4n) is 3.25. The lowest BCUT2D eigenvalue weighted by Crippen LogP contribution is -2.42. The fraction of sp³-hybridized carbons (Fsp3) is 0.600. The van der Waals surface area contributed by atoms with Gasteiger partial charge in [-0.15, -0.1) is 0 Å². The molecule has 4 nitrogen and oxygen atoms in total. The highest BCUT2D eigenvalue weighted by Crippen LogP contribution is 2.37. The van der Waals surface area contributed by atoms with Gasteiger partial charge >= 0.3 is 0 Å². The van der Waals surface area contributed by atoms with Gasteiger partial charge in [-0.05, 0) is 49.9 Å². The molecule has 110 valence electrons. The van der Waals surface area contributed by atoms with Crippen LogP contribution in [0, 0.1) is 11.8 Å². The zero-order valence-electron chi connectivity index (χ0n) is 11.5. The summed E-state index contributed by atoms with van der Waals surface area (Å²) in [5, 5.41) is 14.2. The van der Waals surface area contributed by atoms with Gasteiger partial charge in [-0.25, -0.2) is 0 Å². The first kappa shape index (κ1) is 14.0. The van der Waals surface area contributed by atoms with E-state index in [4.69, 9.17) is 21.1 Å². The molecule has 1 aromatic carbocycles. The van der Waals surface area contributed by atoms with Crippen LogP contribution in [-0.2, 0) is 0 Å². The van der Waals surface area contributed by atoms with Crippen LogP contribution >= 0.6 is 11.6 Å². The standard InChI is InChI=1S/C15H20ClNO3/c1-19-11-2-3-14(12(16)6-11)20-15-5-10-8-17-7-9(10)4-13(15)18/h2-3,6,9-10,13,15,17-18H,4-5,7-8H2,1H3/t9-,10+,13+,15+/m0/s1. The van der Waals surface area contributed by atoms with Crippen LogP contribution in [-0.4, -0.2) is 37.5 Å². The molecule has 1 aliphatic heterocycles. The number of halogens is 1. The molecule has 0 amide bonds. The molecule has 1 aliphatic carbocycles. The summed E-state index contributed by atoms with van der Waals surface area (Å²) in [6, 6.07) is 5.34. The van der Waals surface area contributed by atoms with Gasteiger partial charge in [-0.1, -0.05) is 11.6 Å². The van der Waals surface area contributed by atoms with Crippen molar-refractivity contribution in [3.63, 3.8) is 0 Å². The Kier molecular flexibility index (Phi) is 4.06. The van der Waals surface area contributed by atoms with E-state index < -0.39 is 6.10 Å². The number of benzene rings is 1. The summed E-state index contributed by atoms with van der Waals surface area (Å²) < 4.78 is 11.1. The Bertz CT molecular complexity index is 482. The second-order valence-electron chi connectivity index (χ2n) is 5.67. The third kappa shape index (κ3) is 2.73. The molecular weight excluding hydrogens is 278 g/mol. The number of nitrogens with one attached hydrogen (secondary N) is 1. The lowest BCUT2D eigenvalue weighted by molar-refractivity contribution is -0.0231. The third-order valence-electron chi connectivity index (χ3n) is 4.41. The average molecular weight is 298 g/mol. The maximum Gasteiger partial charge on any atom is 0.138 e. The van der Waals surface area contributed by atoms with E-state index in [2.05, 4.69) is 5.32 Å². The summed E-state index contributed by atoms with van der Waals surface area (Å²) in [4.78, 5) is 0. The van der Waals surface area contributed by atoms with E-state index in [9.17, 15) is 5.11 Å². The number of aliphatic hydroxyl groups excluding tert-OH is 1. The van der Waals surface area contributed by atoms with Crippen molar-refractivity contribution < 1.29 is 14.6 Å². The summed E-state index contributed by atoms with van der Waals surface area (Å²) in [6.45, 7) is 2.03. The topological polar surface area (TPSA) is 50.7 Å². The summed E-state index contributed by atoms with van der Waals surface area (Å²) in [5.41, 5.74) is 0. The van der Waals surface area contributed by atoms with E-state index >= 15 is 0 Å². The smallest absolute Gasteiger partial charge is 0.138 e. The maximum absolute atomic E-state index is 10.2. The van der Waals surface area contributed by atoms with Gasteiger partial charge in [-0.2, -0.15) is 0 Å². The first-order chi connectivity index (χ1) is 9.67. The van der Waals surface area contributed by atoms with Crippen molar-refractivity contribution >= 4 is 11.6 Å². The molecule has 1 heterocycles. The zero-order chi connectivity index (χ0) is 14.1. The van der Waals surface area contributed by atoms with Crippen molar-refractivity contribution in [2.45, 2.75) is 25.0 Å². The summed E-state index contributed by atoms with van der Waals surface area (Å²) >= 11 is 6.19. The predicted molar refractivity (Wildman–Crippen MR) is 77.5 cm³/mol. The normalized spacial score (nSPS) is 32.8. The van der Waals surface area contributed by atoms with E-state index in [1.54, 1.807) is 19.2 Å². The summed E-state index contributed by atoms with van der Waals surface area (Å²) in [7, 11) is 1.60. The number of methoxy groups -OCH3 is 1. The number of fused-ring (bicyclic) bond motifs is 1. The van der Waals surface area contributed by atoms with Crippen LogP contribution in [0.4, 0.5) is 0 Å². The Morgan fingerprint density at radius 2 is 2.00 bits per heavy atom. The van der Waals surface area contributed by atoms with Crippen molar-refractivity contribution in [1.82, 2.24) is 5.32 Å².